The highest BCUT2D eigenvalue weighted by atomic mass is 19.1. The third-order valence-corrected chi connectivity index (χ3v) is 7.30. The lowest BCUT2D eigenvalue weighted by Gasteiger charge is -2.21. The van der Waals surface area contributed by atoms with Gasteiger partial charge >= 0.3 is 11.9 Å². The number of carboxylic acids is 1. The Kier molecular flexibility index (Phi) is 6.23. The van der Waals surface area contributed by atoms with Crippen molar-refractivity contribution in [2.75, 3.05) is 0 Å². The fraction of sp³-hybridized carbons (Fsp3) is 0.233. The quantitative estimate of drug-likeness (QED) is 0.319. The number of nitrogens with one attached hydrogen (secondary N) is 1. The van der Waals surface area contributed by atoms with Crippen LogP contribution < -0.4 is 10.7 Å². The summed E-state index contributed by atoms with van der Waals surface area (Å²) in [6, 6.07) is 15.6. The molecule has 7 nitrogen and oxygen atoms in total. The van der Waals surface area contributed by atoms with Gasteiger partial charge in [0.15, 0.2) is 0 Å². The average molecular weight is 531 g/mol. The smallest absolute Gasteiger partial charge is 0.341 e. The predicted octanol–water partition coefficient (Wildman–Crippen LogP) is 5.20. The second kappa shape index (κ2) is 9.74. The van der Waals surface area contributed by atoms with E-state index in [0.29, 0.717) is 17.7 Å². The molecule has 2 N–H and O–H groups in total. The fourth-order valence-electron chi connectivity index (χ4n) is 5.40. The molecule has 6 rings (SSSR count). The van der Waals surface area contributed by atoms with Crippen LogP contribution in [0.1, 0.15) is 57.5 Å². The lowest BCUT2D eigenvalue weighted by molar-refractivity contribution is -0.147. The van der Waals surface area contributed by atoms with Crippen molar-refractivity contribution in [1.82, 2.24) is 9.88 Å². The zero-order chi connectivity index (χ0) is 27.3. The summed E-state index contributed by atoms with van der Waals surface area (Å²) in [5.74, 6) is -2.68. The van der Waals surface area contributed by atoms with E-state index >= 15 is 0 Å². The zero-order valence-corrected chi connectivity index (χ0v) is 20.7. The van der Waals surface area contributed by atoms with Gasteiger partial charge in [-0.05, 0) is 53.3 Å². The van der Waals surface area contributed by atoms with Gasteiger partial charge < -0.3 is 14.4 Å². The summed E-state index contributed by atoms with van der Waals surface area (Å²) in [7, 11) is 0. The SMILES string of the molecule is O=C(O)c1c(-c2ccc3c(c2)CNC3C(=O)OCc2ccccc2)n(C2CC2)c2c(CF)cc(F)cc2c1=O. The largest absolute Gasteiger partial charge is 0.477 e. The lowest BCUT2D eigenvalue weighted by atomic mass is 9.96. The van der Waals surface area contributed by atoms with Crippen LogP contribution in [-0.2, 0) is 29.4 Å². The molecule has 0 bridgehead atoms. The van der Waals surface area contributed by atoms with E-state index in [0.717, 1.165) is 36.1 Å². The molecular weight excluding hydrogens is 506 g/mol. The van der Waals surface area contributed by atoms with Crippen LogP contribution in [0.3, 0.4) is 0 Å². The van der Waals surface area contributed by atoms with E-state index in [2.05, 4.69) is 5.32 Å². The van der Waals surface area contributed by atoms with E-state index in [1.165, 1.54) is 0 Å². The zero-order valence-electron chi connectivity index (χ0n) is 20.7. The molecule has 2 aliphatic rings. The van der Waals surface area contributed by atoms with Gasteiger partial charge in [0.25, 0.3) is 0 Å². The monoisotopic (exact) mass is 530 g/mol. The highest BCUT2D eigenvalue weighted by Gasteiger charge is 2.35. The summed E-state index contributed by atoms with van der Waals surface area (Å²) in [4.78, 5) is 38.6. The number of aromatic nitrogens is 1. The minimum Gasteiger partial charge on any atom is -0.477 e. The molecule has 1 aromatic heterocycles. The van der Waals surface area contributed by atoms with Crippen molar-refractivity contribution in [3.05, 3.63) is 105 Å². The molecule has 1 saturated carbocycles. The number of esters is 1. The number of carbonyl (C=O) groups is 2. The van der Waals surface area contributed by atoms with Gasteiger partial charge in [-0.2, -0.15) is 0 Å². The number of alkyl halides is 1. The van der Waals surface area contributed by atoms with Crippen LogP contribution in [0, 0.1) is 5.82 Å². The highest BCUT2D eigenvalue weighted by molar-refractivity contribution is 6.00. The molecule has 0 radical (unpaired) electrons. The van der Waals surface area contributed by atoms with Crippen molar-refractivity contribution in [1.29, 1.82) is 0 Å². The Morgan fingerprint density at radius 3 is 2.54 bits per heavy atom. The van der Waals surface area contributed by atoms with Crippen molar-refractivity contribution in [2.45, 2.75) is 44.8 Å². The van der Waals surface area contributed by atoms with E-state index in [-0.39, 0.29) is 34.8 Å². The first-order valence-electron chi connectivity index (χ1n) is 12.6. The Labute approximate surface area is 221 Å². The molecule has 2 heterocycles. The normalized spacial score (nSPS) is 16.3. The van der Waals surface area contributed by atoms with Gasteiger partial charge in [-0.1, -0.05) is 42.5 Å². The lowest BCUT2D eigenvalue weighted by Crippen LogP contribution is -2.24. The summed E-state index contributed by atoms with van der Waals surface area (Å²) in [6.45, 7) is -0.540. The van der Waals surface area contributed by atoms with Crippen LogP contribution in [0.25, 0.3) is 22.2 Å². The van der Waals surface area contributed by atoms with Crippen molar-refractivity contribution in [2.24, 2.45) is 0 Å². The van der Waals surface area contributed by atoms with Crippen LogP contribution in [0.15, 0.2) is 65.5 Å². The Morgan fingerprint density at radius 2 is 1.85 bits per heavy atom. The Bertz CT molecular complexity index is 1700. The molecule has 3 aromatic carbocycles. The van der Waals surface area contributed by atoms with E-state index in [1.54, 1.807) is 22.8 Å². The molecule has 1 aliphatic heterocycles. The second-order valence-electron chi connectivity index (χ2n) is 9.87. The first kappa shape index (κ1) is 24.9. The Morgan fingerprint density at radius 1 is 1.08 bits per heavy atom. The summed E-state index contributed by atoms with van der Waals surface area (Å²) in [5, 5.41) is 13.1. The third kappa shape index (κ3) is 4.38. The summed E-state index contributed by atoms with van der Waals surface area (Å²) >= 11 is 0. The van der Waals surface area contributed by atoms with Crippen LogP contribution in [0.4, 0.5) is 8.78 Å². The first-order valence-corrected chi connectivity index (χ1v) is 12.6. The highest BCUT2D eigenvalue weighted by Crippen LogP contribution is 2.43. The Balaban J connectivity index is 1.45. The minimum atomic E-state index is -1.45. The van der Waals surface area contributed by atoms with Gasteiger partial charge in [0, 0.05) is 23.5 Å². The molecule has 1 aliphatic carbocycles. The number of carbonyl (C=O) groups excluding carboxylic acids is 1. The topological polar surface area (TPSA) is 97.6 Å². The fourth-order valence-corrected chi connectivity index (χ4v) is 5.40. The van der Waals surface area contributed by atoms with Gasteiger partial charge in [-0.25, -0.2) is 18.4 Å². The molecule has 1 unspecified atom stereocenters. The van der Waals surface area contributed by atoms with Gasteiger partial charge in [-0.15, -0.1) is 0 Å². The van der Waals surface area contributed by atoms with Gasteiger partial charge in [-0.3, -0.25) is 10.1 Å². The number of hydrogen-bond donors (Lipinski definition) is 2. The molecule has 9 heteroatoms. The molecule has 198 valence electrons. The number of pyridine rings is 1. The number of hydrogen-bond acceptors (Lipinski definition) is 5. The number of fused-ring (bicyclic) bond motifs is 2. The van der Waals surface area contributed by atoms with E-state index < -0.39 is 41.5 Å². The maximum atomic E-state index is 14.3. The molecule has 39 heavy (non-hydrogen) atoms. The van der Waals surface area contributed by atoms with Gasteiger partial charge in [0.05, 0.1) is 11.2 Å². The number of aromatic carboxylic acids is 1. The van der Waals surface area contributed by atoms with E-state index in [1.807, 2.05) is 30.3 Å². The number of halogens is 2. The average Bonchev–Trinajstić information content (AvgIpc) is 3.69. The number of carboxylic acid groups (broad SMARTS) is 1. The van der Waals surface area contributed by atoms with Crippen molar-refractivity contribution in [3.8, 4) is 11.3 Å². The van der Waals surface area contributed by atoms with Crippen LogP contribution in [0.2, 0.25) is 0 Å². The van der Waals surface area contributed by atoms with Crippen molar-refractivity contribution >= 4 is 22.8 Å². The summed E-state index contributed by atoms with van der Waals surface area (Å²) in [6.07, 6.45) is 1.43. The second-order valence-corrected chi connectivity index (χ2v) is 9.87. The van der Waals surface area contributed by atoms with Crippen molar-refractivity contribution in [3.63, 3.8) is 0 Å². The van der Waals surface area contributed by atoms with E-state index in [9.17, 15) is 28.3 Å². The minimum absolute atomic E-state index is 0.00348. The summed E-state index contributed by atoms with van der Waals surface area (Å²) < 4.78 is 35.5. The first-order chi connectivity index (χ1) is 18.9. The molecule has 0 amide bonds. The maximum Gasteiger partial charge on any atom is 0.341 e. The van der Waals surface area contributed by atoms with E-state index in [4.69, 9.17) is 4.74 Å². The third-order valence-electron chi connectivity index (χ3n) is 7.30. The number of ether oxygens (including phenoxy) is 1. The number of nitrogens with zero attached hydrogens (tertiary/aromatic N) is 1. The number of benzene rings is 3. The van der Waals surface area contributed by atoms with Crippen LogP contribution >= 0.6 is 0 Å². The van der Waals surface area contributed by atoms with Gasteiger partial charge in [0.1, 0.15) is 30.7 Å². The molecular formula is C30H24F2N2O5. The summed E-state index contributed by atoms with van der Waals surface area (Å²) in [5.41, 5.74) is 1.78. The van der Waals surface area contributed by atoms with Crippen LogP contribution in [-0.4, -0.2) is 21.6 Å². The maximum absolute atomic E-state index is 14.3. The number of rotatable bonds is 7. The van der Waals surface area contributed by atoms with Crippen molar-refractivity contribution < 1.29 is 28.2 Å². The standard InChI is InChI=1S/C30H24F2N2O5/c31-13-18-11-20(32)12-23-26(18)34(21-7-8-21)27(24(28(23)35)29(36)37)17-6-9-22-19(10-17)14-33-25(22)30(38)39-15-16-4-2-1-3-5-16/h1-6,9-12,21,25,33H,7-8,13-15H2,(H,36,37). The Hall–Kier alpha value is -4.37. The van der Waals surface area contributed by atoms with Crippen LogP contribution in [0.5, 0.6) is 0 Å². The molecule has 1 fully saturated rings. The molecule has 4 aromatic rings. The predicted molar refractivity (Wildman–Crippen MR) is 139 cm³/mol. The van der Waals surface area contributed by atoms with Gasteiger partial charge in [0.2, 0.25) is 5.43 Å². The molecule has 0 spiro atoms. The molecule has 0 saturated heterocycles. The molecule has 1 atom stereocenters.